The second-order valence-corrected chi connectivity index (χ2v) is 7.36. The van der Waals surface area contributed by atoms with Gasteiger partial charge in [-0.25, -0.2) is 8.42 Å². The minimum absolute atomic E-state index is 0.193. The van der Waals surface area contributed by atoms with E-state index < -0.39 is 9.84 Å². The predicted octanol–water partition coefficient (Wildman–Crippen LogP) is 2.71. The summed E-state index contributed by atoms with van der Waals surface area (Å²) in [4.78, 5) is 0.415. The second-order valence-electron chi connectivity index (χ2n) is 5.28. The third-order valence-corrected chi connectivity index (χ3v) is 5.50. The number of hydrogen-bond donors (Lipinski definition) is 1. The fourth-order valence-corrected chi connectivity index (χ4v) is 4.00. The van der Waals surface area contributed by atoms with Crippen molar-refractivity contribution in [3.05, 3.63) is 24.3 Å². The molecule has 0 bridgehead atoms. The van der Waals surface area contributed by atoms with Crippen molar-refractivity contribution in [2.75, 3.05) is 30.8 Å². The Balaban J connectivity index is 2.07. The van der Waals surface area contributed by atoms with Crippen molar-refractivity contribution in [2.45, 2.75) is 31.1 Å². The summed E-state index contributed by atoms with van der Waals surface area (Å²) in [5, 5.41) is 3.29. The molecule has 5 heteroatoms. The summed E-state index contributed by atoms with van der Waals surface area (Å²) < 4.78 is 29.9. The molecule has 112 valence electrons. The Bertz CT molecular complexity index is 522. The number of ether oxygens (including phenoxy) is 1. The molecule has 0 spiro atoms. The van der Waals surface area contributed by atoms with Crippen LogP contribution in [-0.4, -0.2) is 33.9 Å². The molecule has 4 nitrogen and oxygen atoms in total. The molecule has 1 aliphatic heterocycles. The zero-order chi connectivity index (χ0) is 14.4. The highest BCUT2D eigenvalue weighted by Crippen LogP contribution is 2.23. The number of nitrogens with one attached hydrogen (secondary N) is 1. The Kier molecular flexibility index (Phi) is 5.43. The van der Waals surface area contributed by atoms with Gasteiger partial charge in [0.05, 0.1) is 22.9 Å². The molecule has 0 aliphatic carbocycles. The van der Waals surface area contributed by atoms with Gasteiger partial charge in [0.15, 0.2) is 9.84 Å². The lowest BCUT2D eigenvalue weighted by atomic mass is 10.0. The van der Waals surface area contributed by atoms with Crippen molar-refractivity contribution in [3.63, 3.8) is 0 Å². The molecule has 0 radical (unpaired) electrons. The fourth-order valence-electron chi connectivity index (χ4n) is 2.49. The van der Waals surface area contributed by atoms with E-state index in [0.29, 0.717) is 22.9 Å². The van der Waals surface area contributed by atoms with E-state index in [9.17, 15) is 8.42 Å². The third kappa shape index (κ3) is 3.96. The van der Waals surface area contributed by atoms with Crippen molar-refractivity contribution in [1.29, 1.82) is 0 Å². The first-order valence-electron chi connectivity index (χ1n) is 7.27. The molecule has 1 aromatic carbocycles. The van der Waals surface area contributed by atoms with Gasteiger partial charge in [0.1, 0.15) is 0 Å². The van der Waals surface area contributed by atoms with Crippen LogP contribution in [-0.2, 0) is 14.6 Å². The van der Waals surface area contributed by atoms with Gasteiger partial charge in [-0.2, -0.15) is 0 Å². The van der Waals surface area contributed by atoms with E-state index in [4.69, 9.17) is 4.74 Å². The van der Waals surface area contributed by atoms with Gasteiger partial charge in [-0.05, 0) is 37.3 Å². The van der Waals surface area contributed by atoms with Crippen LogP contribution in [0.3, 0.4) is 0 Å². The maximum absolute atomic E-state index is 12.2. The maximum atomic E-state index is 12.2. The first-order valence-corrected chi connectivity index (χ1v) is 8.92. The molecule has 1 fully saturated rings. The minimum atomic E-state index is -3.19. The summed E-state index contributed by atoms with van der Waals surface area (Å²) in [5.41, 5.74) is 0.714. The van der Waals surface area contributed by atoms with Crippen molar-refractivity contribution in [3.8, 4) is 0 Å². The first kappa shape index (κ1) is 15.3. The van der Waals surface area contributed by atoms with Crippen LogP contribution in [0.5, 0.6) is 0 Å². The normalized spacial score (nSPS) is 19.8. The number of para-hydroxylation sites is 1. The highest BCUT2D eigenvalue weighted by atomic mass is 32.2. The van der Waals surface area contributed by atoms with E-state index in [1.54, 1.807) is 12.1 Å². The van der Waals surface area contributed by atoms with Gasteiger partial charge in [-0.15, -0.1) is 0 Å². The average Bonchev–Trinajstić information content (AvgIpc) is 2.46. The number of benzene rings is 1. The largest absolute Gasteiger partial charge is 0.384 e. The second kappa shape index (κ2) is 7.09. The van der Waals surface area contributed by atoms with Crippen LogP contribution in [0.2, 0.25) is 0 Å². The molecular formula is C15H23NO3S. The van der Waals surface area contributed by atoms with Crippen molar-refractivity contribution >= 4 is 15.5 Å². The van der Waals surface area contributed by atoms with Crippen molar-refractivity contribution < 1.29 is 13.2 Å². The van der Waals surface area contributed by atoms with Crippen LogP contribution >= 0.6 is 0 Å². The van der Waals surface area contributed by atoms with Crippen molar-refractivity contribution in [2.24, 2.45) is 5.92 Å². The summed E-state index contributed by atoms with van der Waals surface area (Å²) in [7, 11) is -3.19. The summed E-state index contributed by atoms with van der Waals surface area (Å²) in [6, 6.07) is 7.17. The Morgan fingerprint density at radius 3 is 2.85 bits per heavy atom. The van der Waals surface area contributed by atoms with E-state index in [-0.39, 0.29) is 5.75 Å². The highest BCUT2D eigenvalue weighted by Gasteiger charge is 2.19. The molecule has 1 unspecified atom stereocenters. The van der Waals surface area contributed by atoms with E-state index in [0.717, 1.165) is 32.6 Å². The smallest absolute Gasteiger partial charge is 0.180 e. The molecule has 1 N–H and O–H groups in total. The van der Waals surface area contributed by atoms with Gasteiger partial charge in [-0.3, -0.25) is 0 Å². The zero-order valence-corrected chi connectivity index (χ0v) is 12.8. The van der Waals surface area contributed by atoms with Crippen LogP contribution in [0.1, 0.15) is 26.2 Å². The minimum Gasteiger partial charge on any atom is -0.384 e. The standard InChI is InChI=1S/C15H23NO3S/c1-2-10-20(17,18)15-8-4-3-7-14(15)16-11-13-6-5-9-19-12-13/h3-4,7-8,13,16H,2,5-6,9-12H2,1H3. The molecule has 1 atom stereocenters. The first-order chi connectivity index (χ1) is 9.63. The van der Waals surface area contributed by atoms with E-state index in [1.807, 2.05) is 19.1 Å². The number of rotatable bonds is 6. The van der Waals surface area contributed by atoms with Gasteiger partial charge in [0.2, 0.25) is 0 Å². The lowest BCUT2D eigenvalue weighted by Crippen LogP contribution is -2.25. The summed E-state index contributed by atoms with van der Waals surface area (Å²) in [6.07, 6.45) is 2.85. The lowest BCUT2D eigenvalue weighted by molar-refractivity contribution is 0.0595. The molecule has 1 heterocycles. The molecule has 1 saturated heterocycles. The van der Waals surface area contributed by atoms with Gasteiger partial charge in [-0.1, -0.05) is 19.1 Å². The molecule has 1 aliphatic rings. The number of anilines is 1. The zero-order valence-electron chi connectivity index (χ0n) is 12.0. The number of hydrogen-bond acceptors (Lipinski definition) is 4. The average molecular weight is 297 g/mol. The molecule has 20 heavy (non-hydrogen) atoms. The SMILES string of the molecule is CCCS(=O)(=O)c1ccccc1NCC1CCCOC1. The van der Waals surface area contributed by atoms with Crippen LogP contribution in [0.15, 0.2) is 29.2 Å². The molecular weight excluding hydrogens is 274 g/mol. The van der Waals surface area contributed by atoms with Gasteiger partial charge >= 0.3 is 0 Å². The molecule has 1 aromatic rings. The Morgan fingerprint density at radius 1 is 1.35 bits per heavy atom. The van der Waals surface area contributed by atoms with Crippen LogP contribution in [0, 0.1) is 5.92 Å². The Labute approximate surface area is 121 Å². The van der Waals surface area contributed by atoms with Gasteiger partial charge in [0.25, 0.3) is 0 Å². The summed E-state index contributed by atoms with van der Waals surface area (Å²) in [5.74, 6) is 0.656. The fraction of sp³-hybridized carbons (Fsp3) is 0.600. The molecule has 0 saturated carbocycles. The quantitative estimate of drug-likeness (QED) is 0.877. The topological polar surface area (TPSA) is 55.4 Å². The van der Waals surface area contributed by atoms with E-state index in [1.165, 1.54) is 0 Å². The lowest BCUT2D eigenvalue weighted by Gasteiger charge is -2.23. The molecule has 0 amide bonds. The van der Waals surface area contributed by atoms with Crippen LogP contribution in [0.4, 0.5) is 5.69 Å². The van der Waals surface area contributed by atoms with E-state index >= 15 is 0 Å². The van der Waals surface area contributed by atoms with Gasteiger partial charge in [0, 0.05) is 13.2 Å². The molecule has 0 aromatic heterocycles. The van der Waals surface area contributed by atoms with Gasteiger partial charge < -0.3 is 10.1 Å². The van der Waals surface area contributed by atoms with Crippen LogP contribution in [0.25, 0.3) is 0 Å². The highest BCUT2D eigenvalue weighted by molar-refractivity contribution is 7.91. The Hall–Kier alpha value is -1.07. The van der Waals surface area contributed by atoms with Crippen LogP contribution < -0.4 is 5.32 Å². The van der Waals surface area contributed by atoms with Crippen molar-refractivity contribution in [1.82, 2.24) is 0 Å². The third-order valence-electron chi connectivity index (χ3n) is 3.53. The monoisotopic (exact) mass is 297 g/mol. The molecule has 2 rings (SSSR count). The number of sulfone groups is 1. The summed E-state index contributed by atoms with van der Waals surface area (Å²) >= 11 is 0. The predicted molar refractivity (Wildman–Crippen MR) is 80.8 cm³/mol. The maximum Gasteiger partial charge on any atom is 0.180 e. The van der Waals surface area contributed by atoms with E-state index in [2.05, 4.69) is 5.32 Å². The summed E-state index contributed by atoms with van der Waals surface area (Å²) in [6.45, 7) is 4.25. The Morgan fingerprint density at radius 2 is 2.15 bits per heavy atom.